The number of nitrogens with one attached hydrogen (secondary N) is 1. The first-order valence-corrected chi connectivity index (χ1v) is 10.7. The Hall–Kier alpha value is -2.90. The largest absolute Gasteiger partial charge is 0.497 e. The van der Waals surface area contributed by atoms with Gasteiger partial charge in [0.15, 0.2) is 0 Å². The van der Waals surface area contributed by atoms with Crippen molar-refractivity contribution in [3.8, 4) is 17.2 Å². The number of hydrogen-bond acceptors (Lipinski definition) is 6. The van der Waals surface area contributed by atoms with Crippen LogP contribution in [0.25, 0.3) is 10.8 Å². The monoisotopic (exact) mass is 425 g/mol. The Balaban J connectivity index is 1.50. The summed E-state index contributed by atoms with van der Waals surface area (Å²) in [5, 5.41) is 14.6. The molecule has 1 fully saturated rings. The van der Waals surface area contributed by atoms with E-state index in [9.17, 15) is 9.90 Å². The summed E-state index contributed by atoms with van der Waals surface area (Å²) in [6.07, 6.45) is 0. The van der Waals surface area contributed by atoms with Crippen LogP contribution in [0.4, 0.5) is 0 Å². The van der Waals surface area contributed by atoms with Crippen molar-refractivity contribution in [2.45, 2.75) is 11.4 Å². The van der Waals surface area contributed by atoms with Crippen molar-refractivity contribution in [2.75, 3.05) is 26.1 Å². The van der Waals surface area contributed by atoms with Gasteiger partial charge in [-0.15, -0.1) is 11.8 Å². The molecule has 0 amide bonds. The summed E-state index contributed by atoms with van der Waals surface area (Å²) < 4.78 is 17.0. The maximum atomic E-state index is 11.4. The molecule has 3 aromatic carbocycles. The first kappa shape index (κ1) is 20.4. The molecule has 0 saturated carbocycles. The van der Waals surface area contributed by atoms with E-state index in [0.717, 1.165) is 27.8 Å². The number of carboxylic acids is 1. The van der Waals surface area contributed by atoms with Gasteiger partial charge in [0.05, 0.1) is 12.5 Å². The number of aliphatic carboxylic acids is 1. The molecule has 1 saturated heterocycles. The van der Waals surface area contributed by atoms with Crippen molar-refractivity contribution >= 4 is 28.5 Å². The number of hydrogen-bond donors (Lipinski definition) is 2. The number of ether oxygens (including phenoxy) is 3. The van der Waals surface area contributed by atoms with Crippen molar-refractivity contribution < 1.29 is 24.1 Å². The number of benzene rings is 3. The van der Waals surface area contributed by atoms with Gasteiger partial charge in [0.25, 0.3) is 0 Å². The lowest BCUT2D eigenvalue weighted by molar-refractivity contribution is -0.138. The number of thioether (sulfide) groups is 1. The van der Waals surface area contributed by atoms with Crippen molar-refractivity contribution in [2.24, 2.45) is 0 Å². The fourth-order valence-corrected chi connectivity index (χ4v) is 4.75. The van der Waals surface area contributed by atoms with E-state index in [4.69, 9.17) is 14.2 Å². The molecule has 0 aromatic heterocycles. The molecule has 0 spiro atoms. The minimum Gasteiger partial charge on any atom is -0.497 e. The first-order valence-electron chi connectivity index (χ1n) is 9.67. The second-order valence-corrected chi connectivity index (χ2v) is 7.98. The number of carbonyl (C=O) groups is 1. The van der Waals surface area contributed by atoms with E-state index in [1.807, 2.05) is 60.7 Å². The molecule has 2 atom stereocenters. The summed E-state index contributed by atoms with van der Waals surface area (Å²) >= 11 is 1.58. The van der Waals surface area contributed by atoms with E-state index in [-0.39, 0.29) is 5.37 Å². The predicted octanol–water partition coefficient (Wildman–Crippen LogP) is 4.09. The molecule has 0 radical (unpaired) electrons. The molecule has 1 aliphatic rings. The molecule has 1 aliphatic heterocycles. The molecule has 4 rings (SSSR count). The highest BCUT2D eigenvalue weighted by Crippen LogP contribution is 2.41. The van der Waals surface area contributed by atoms with E-state index < -0.39 is 12.0 Å². The van der Waals surface area contributed by atoms with Gasteiger partial charge in [-0.1, -0.05) is 36.4 Å². The van der Waals surface area contributed by atoms with Crippen LogP contribution in [0.2, 0.25) is 0 Å². The third-order valence-electron chi connectivity index (χ3n) is 4.92. The van der Waals surface area contributed by atoms with Gasteiger partial charge in [-0.05, 0) is 29.0 Å². The molecule has 6 nitrogen and oxygen atoms in total. The van der Waals surface area contributed by atoms with Crippen molar-refractivity contribution in [1.82, 2.24) is 5.32 Å². The van der Waals surface area contributed by atoms with Gasteiger partial charge in [-0.3, -0.25) is 10.1 Å². The van der Waals surface area contributed by atoms with E-state index in [0.29, 0.717) is 24.7 Å². The summed E-state index contributed by atoms with van der Waals surface area (Å²) in [7, 11) is 1.62. The van der Waals surface area contributed by atoms with E-state index in [1.54, 1.807) is 18.9 Å². The van der Waals surface area contributed by atoms with Gasteiger partial charge < -0.3 is 19.3 Å². The van der Waals surface area contributed by atoms with E-state index in [1.165, 1.54) is 0 Å². The van der Waals surface area contributed by atoms with Crippen LogP contribution in [-0.4, -0.2) is 43.2 Å². The lowest BCUT2D eigenvalue weighted by Crippen LogP contribution is -2.33. The average Bonchev–Trinajstić information content (AvgIpc) is 3.26. The summed E-state index contributed by atoms with van der Waals surface area (Å²) in [5.74, 6) is 1.87. The van der Waals surface area contributed by atoms with Crippen LogP contribution >= 0.6 is 11.8 Å². The van der Waals surface area contributed by atoms with Crippen LogP contribution in [0, 0.1) is 0 Å². The Morgan fingerprint density at radius 1 is 1.07 bits per heavy atom. The van der Waals surface area contributed by atoms with Crippen LogP contribution in [0.3, 0.4) is 0 Å². The maximum absolute atomic E-state index is 11.4. The Morgan fingerprint density at radius 2 is 1.87 bits per heavy atom. The maximum Gasteiger partial charge on any atom is 0.321 e. The van der Waals surface area contributed by atoms with Crippen LogP contribution in [-0.2, 0) is 4.79 Å². The third-order valence-corrected chi connectivity index (χ3v) is 6.15. The zero-order valence-electron chi connectivity index (χ0n) is 16.5. The van der Waals surface area contributed by atoms with E-state index in [2.05, 4.69) is 5.32 Å². The van der Waals surface area contributed by atoms with Crippen molar-refractivity contribution in [1.29, 1.82) is 0 Å². The number of rotatable bonds is 8. The molecule has 2 N–H and O–H groups in total. The minimum atomic E-state index is -0.834. The summed E-state index contributed by atoms with van der Waals surface area (Å²) in [4.78, 5) is 11.4. The summed E-state index contributed by atoms with van der Waals surface area (Å²) in [5.41, 5.74) is 0.975. The Labute approximate surface area is 179 Å². The zero-order valence-corrected chi connectivity index (χ0v) is 17.4. The van der Waals surface area contributed by atoms with Gasteiger partial charge >= 0.3 is 5.97 Å². The fraction of sp³-hybridized carbons (Fsp3) is 0.261. The van der Waals surface area contributed by atoms with Gasteiger partial charge in [0, 0.05) is 17.4 Å². The molecule has 7 heteroatoms. The highest BCUT2D eigenvalue weighted by Gasteiger charge is 2.32. The molecule has 0 bridgehead atoms. The Kier molecular flexibility index (Phi) is 6.30. The van der Waals surface area contributed by atoms with Crippen molar-refractivity contribution in [3.05, 3.63) is 66.2 Å². The fourth-order valence-electron chi connectivity index (χ4n) is 3.45. The van der Waals surface area contributed by atoms with Gasteiger partial charge in [0.1, 0.15) is 36.5 Å². The van der Waals surface area contributed by atoms with Crippen LogP contribution < -0.4 is 19.5 Å². The smallest absolute Gasteiger partial charge is 0.321 e. The zero-order chi connectivity index (χ0) is 20.9. The molecular formula is C23H23NO5S. The molecule has 3 aromatic rings. The van der Waals surface area contributed by atoms with Crippen LogP contribution in [0.5, 0.6) is 17.2 Å². The van der Waals surface area contributed by atoms with Gasteiger partial charge in [-0.25, -0.2) is 0 Å². The average molecular weight is 426 g/mol. The van der Waals surface area contributed by atoms with Crippen molar-refractivity contribution in [3.63, 3.8) is 0 Å². The first-order chi connectivity index (χ1) is 14.7. The molecule has 30 heavy (non-hydrogen) atoms. The molecule has 0 aliphatic carbocycles. The molecule has 2 unspecified atom stereocenters. The molecule has 156 valence electrons. The topological polar surface area (TPSA) is 77.0 Å². The highest BCUT2D eigenvalue weighted by atomic mass is 32.2. The quantitative estimate of drug-likeness (QED) is 0.526. The van der Waals surface area contributed by atoms with E-state index >= 15 is 0 Å². The van der Waals surface area contributed by atoms with Gasteiger partial charge in [0.2, 0.25) is 0 Å². The standard InChI is InChI=1S/C23H23NO5S/c1-27-16-6-4-7-17(13-16)28-11-12-29-20-10-9-15-5-2-3-8-18(15)21(20)22-24-19(14-30-22)23(25)26/h2-10,13,19,22,24H,11-12,14H2,1H3,(H,25,26). The summed E-state index contributed by atoms with van der Waals surface area (Å²) in [6, 6.07) is 18.9. The lowest BCUT2D eigenvalue weighted by atomic mass is 10.0. The number of carboxylic acid groups (broad SMARTS) is 1. The Bertz CT molecular complexity index is 1040. The highest BCUT2D eigenvalue weighted by molar-refractivity contribution is 7.99. The Morgan fingerprint density at radius 3 is 2.67 bits per heavy atom. The minimum absolute atomic E-state index is 0.147. The normalized spacial score (nSPS) is 18.3. The third kappa shape index (κ3) is 4.47. The second-order valence-electron chi connectivity index (χ2n) is 6.85. The molecule has 1 heterocycles. The number of fused-ring (bicyclic) bond motifs is 1. The summed E-state index contributed by atoms with van der Waals surface area (Å²) in [6.45, 7) is 0.741. The molecular weight excluding hydrogens is 402 g/mol. The van der Waals surface area contributed by atoms with Crippen LogP contribution in [0.1, 0.15) is 10.9 Å². The SMILES string of the molecule is COc1cccc(OCCOc2ccc3ccccc3c2C2NC(C(=O)O)CS2)c1. The van der Waals surface area contributed by atoms with Gasteiger partial charge in [-0.2, -0.15) is 0 Å². The predicted molar refractivity (Wildman–Crippen MR) is 118 cm³/mol. The lowest BCUT2D eigenvalue weighted by Gasteiger charge is -2.19. The number of methoxy groups -OCH3 is 1. The van der Waals surface area contributed by atoms with Crippen LogP contribution in [0.15, 0.2) is 60.7 Å². The second kappa shape index (κ2) is 9.28.